The maximum Gasteiger partial charge on any atom is 0.0979 e. The van der Waals surface area contributed by atoms with E-state index in [9.17, 15) is 0 Å². The van der Waals surface area contributed by atoms with Crippen molar-refractivity contribution in [2.24, 2.45) is 0 Å². The number of hydrogen-bond donors (Lipinski definition) is 0. The molecule has 10 aromatic carbocycles. The lowest BCUT2D eigenvalue weighted by atomic mass is 9.84. The van der Waals surface area contributed by atoms with Crippen LogP contribution in [0.1, 0.15) is 27.9 Å². The Balaban J connectivity index is 0.000000144. The Bertz CT molecular complexity index is 3470. The summed E-state index contributed by atoms with van der Waals surface area (Å²) in [6.45, 7) is 6.62. The smallest absolute Gasteiger partial charge is 0.0979 e. The van der Waals surface area contributed by atoms with Gasteiger partial charge in [-0.05, 0) is 121 Å². The highest BCUT2D eigenvalue weighted by Crippen LogP contribution is 2.50. The predicted molar refractivity (Wildman–Crippen MR) is 255 cm³/mol. The minimum atomic E-state index is 0.952. The lowest BCUT2D eigenvalue weighted by molar-refractivity contribution is 1.20. The third-order valence-electron chi connectivity index (χ3n) is 12.6. The molecule has 12 rings (SSSR count). The number of rotatable bonds is 3. The van der Waals surface area contributed by atoms with Crippen LogP contribution >= 0.6 is 0 Å². The van der Waals surface area contributed by atoms with Crippen molar-refractivity contribution in [3.63, 3.8) is 0 Å². The van der Waals surface area contributed by atoms with Crippen molar-refractivity contribution < 1.29 is 0 Å². The summed E-state index contributed by atoms with van der Waals surface area (Å²) in [5.74, 6) is 0. The van der Waals surface area contributed by atoms with Gasteiger partial charge in [0.15, 0.2) is 0 Å². The van der Waals surface area contributed by atoms with E-state index in [0.717, 1.165) is 45.2 Å². The third-order valence-corrected chi connectivity index (χ3v) is 12.6. The fourth-order valence-electron chi connectivity index (χ4n) is 9.74. The van der Waals surface area contributed by atoms with Crippen LogP contribution in [-0.2, 0) is 6.42 Å². The maximum atomic E-state index is 5.06. The predicted octanol–water partition coefficient (Wildman–Crippen LogP) is 15.4. The van der Waals surface area contributed by atoms with Crippen LogP contribution in [-0.4, -0.2) is 9.97 Å². The number of fused-ring (bicyclic) bond motifs is 13. The molecule has 284 valence electrons. The summed E-state index contributed by atoms with van der Waals surface area (Å²) in [6.07, 6.45) is 0.997. The standard InChI is InChI=1S/C35H26.C23H16N2/c1-22-16-17-26(24-10-4-3-5-11-24)20-31(22)33-23(2)32-21-27-19-18-25-12-6-7-13-28(25)34(27)35(32)30-15-9-8-14-29(30)33;1-15-21(16-9-3-2-4-10-16)25-23-20-14-8-6-12-18(20)17-11-5-7-13-19(17)22(23)24-15/h3-20H,21H2,1-2H3;2-14H,1H3. The Morgan fingerprint density at radius 1 is 0.383 bits per heavy atom. The van der Waals surface area contributed by atoms with Crippen LogP contribution in [0.4, 0.5) is 0 Å². The van der Waals surface area contributed by atoms with Gasteiger partial charge >= 0.3 is 0 Å². The van der Waals surface area contributed by atoms with Crippen LogP contribution < -0.4 is 0 Å². The number of hydrogen-bond acceptors (Lipinski definition) is 2. The molecule has 1 heterocycles. The molecular formula is C58H42N2. The largest absolute Gasteiger partial charge is 0.249 e. The molecule has 0 amide bonds. The van der Waals surface area contributed by atoms with Crippen LogP contribution in [0.5, 0.6) is 0 Å². The average molecular weight is 767 g/mol. The summed E-state index contributed by atoms with van der Waals surface area (Å²) in [4.78, 5) is 10.0. The molecule has 0 atom stereocenters. The van der Waals surface area contributed by atoms with Gasteiger partial charge < -0.3 is 0 Å². The minimum Gasteiger partial charge on any atom is -0.249 e. The molecule has 1 aliphatic rings. The highest BCUT2D eigenvalue weighted by Gasteiger charge is 2.28. The number of aryl methyl sites for hydroxylation is 2. The van der Waals surface area contributed by atoms with E-state index in [1.54, 1.807) is 0 Å². The van der Waals surface area contributed by atoms with Crippen molar-refractivity contribution in [2.75, 3.05) is 0 Å². The molecule has 1 aromatic heterocycles. The van der Waals surface area contributed by atoms with E-state index < -0.39 is 0 Å². The van der Waals surface area contributed by atoms with Gasteiger partial charge in [0.1, 0.15) is 0 Å². The second-order valence-corrected chi connectivity index (χ2v) is 16.1. The summed E-state index contributed by atoms with van der Waals surface area (Å²) in [7, 11) is 0. The zero-order valence-electron chi connectivity index (χ0n) is 34.0. The molecular weight excluding hydrogens is 725 g/mol. The zero-order valence-corrected chi connectivity index (χ0v) is 34.0. The average Bonchev–Trinajstić information content (AvgIpc) is 3.72. The second-order valence-electron chi connectivity index (χ2n) is 16.1. The SMILES string of the molecule is Cc1ccc(-c2ccccc2)cc1-c1c(C)c2c(c3ccccc13)-c1c(ccc3ccccc13)C2.Cc1nc2c3ccccc3c3ccccc3c2nc1-c1ccccc1. The Morgan fingerprint density at radius 2 is 0.917 bits per heavy atom. The summed E-state index contributed by atoms with van der Waals surface area (Å²) >= 11 is 0. The monoisotopic (exact) mass is 766 g/mol. The third kappa shape index (κ3) is 5.79. The highest BCUT2D eigenvalue weighted by atomic mass is 14.8. The lowest BCUT2D eigenvalue weighted by Crippen LogP contribution is -1.96. The summed E-state index contributed by atoms with van der Waals surface area (Å²) < 4.78 is 0. The molecule has 2 nitrogen and oxygen atoms in total. The molecule has 11 aromatic rings. The Labute approximate surface area is 350 Å². The summed E-state index contributed by atoms with van der Waals surface area (Å²) in [6, 6.07) is 67.3. The van der Waals surface area contributed by atoms with Gasteiger partial charge in [0.25, 0.3) is 0 Å². The van der Waals surface area contributed by atoms with E-state index >= 15 is 0 Å². The first kappa shape index (κ1) is 35.7. The van der Waals surface area contributed by atoms with Gasteiger partial charge in [-0.25, -0.2) is 9.97 Å². The number of aromatic nitrogens is 2. The quantitative estimate of drug-likeness (QED) is 0.167. The van der Waals surface area contributed by atoms with Crippen molar-refractivity contribution in [2.45, 2.75) is 27.2 Å². The Kier molecular flexibility index (Phi) is 8.60. The lowest BCUT2D eigenvalue weighted by Gasteiger charge is -2.20. The maximum absolute atomic E-state index is 5.06. The molecule has 0 radical (unpaired) electrons. The first-order valence-electron chi connectivity index (χ1n) is 20.9. The molecule has 0 unspecified atom stereocenters. The van der Waals surface area contributed by atoms with Crippen molar-refractivity contribution in [3.8, 4) is 44.6 Å². The van der Waals surface area contributed by atoms with E-state index in [1.807, 2.05) is 25.1 Å². The van der Waals surface area contributed by atoms with Crippen molar-refractivity contribution in [3.05, 3.63) is 216 Å². The van der Waals surface area contributed by atoms with Gasteiger partial charge in [0.05, 0.1) is 22.4 Å². The van der Waals surface area contributed by atoms with Crippen LogP contribution in [0, 0.1) is 20.8 Å². The molecule has 0 saturated carbocycles. The van der Waals surface area contributed by atoms with Crippen molar-refractivity contribution in [1.82, 2.24) is 9.97 Å². The normalized spacial score (nSPS) is 11.8. The topological polar surface area (TPSA) is 25.8 Å². The summed E-state index contributed by atoms with van der Waals surface area (Å²) in [5, 5.41) is 10.2. The molecule has 2 heteroatoms. The van der Waals surface area contributed by atoms with Gasteiger partial charge in [-0.2, -0.15) is 0 Å². The van der Waals surface area contributed by atoms with Gasteiger partial charge in [-0.3, -0.25) is 0 Å². The highest BCUT2D eigenvalue weighted by molar-refractivity contribution is 6.23. The van der Waals surface area contributed by atoms with E-state index in [0.29, 0.717) is 0 Å². The van der Waals surface area contributed by atoms with Gasteiger partial charge in [-0.1, -0.05) is 182 Å². The molecule has 0 aliphatic heterocycles. The van der Waals surface area contributed by atoms with Crippen LogP contribution in [0.15, 0.2) is 188 Å². The van der Waals surface area contributed by atoms with E-state index in [1.165, 1.54) is 88.0 Å². The molecule has 0 saturated heterocycles. The number of nitrogens with zero attached hydrogens (tertiary/aromatic N) is 2. The minimum absolute atomic E-state index is 0.952. The Morgan fingerprint density at radius 3 is 1.58 bits per heavy atom. The van der Waals surface area contributed by atoms with Gasteiger partial charge in [-0.15, -0.1) is 0 Å². The van der Waals surface area contributed by atoms with E-state index in [2.05, 4.69) is 184 Å². The van der Waals surface area contributed by atoms with Crippen molar-refractivity contribution >= 4 is 54.1 Å². The molecule has 0 spiro atoms. The molecule has 0 N–H and O–H groups in total. The molecule has 0 bridgehead atoms. The van der Waals surface area contributed by atoms with Crippen LogP contribution in [0.2, 0.25) is 0 Å². The van der Waals surface area contributed by atoms with E-state index in [-0.39, 0.29) is 0 Å². The molecule has 60 heavy (non-hydrogen) atoms. The fraction of sp³-hybridized carbons (Fsp3) is 0.0690. The second kappa shape index (κ2) is 14.4. The first-order valence-corrected chi connectivity index (χ1v) is 20.9. The Hall–Kier alpha value is -7.42. The van der Waals surface area contributed by atoms with Crippen LogP contribution in [0.25, 0.3) is 98.8 Å². The zero-order chi connectivity index (χ0) is 40.3. The number of benzene rings is 10. The summed E-state index contributed by atoms with van der Waals surface area (Å²) in [5.41, 5.74) is 18.7. The van der Waals surface area contributed by atoms with Gasteiger partial charge in [0, 0.05) is 16.3 Å². The molecule has 1 aliphatic carbocycles. The fourth-order valence-corrected chi connectivity index (χ4v) is 9.74. The van der Waals surface area contributed by atoms with E-state index in [4.69, 9.17) is 9.97 Å². The van der Waals surface area contributed by atoms with Crippen molar-refractivity contribution in [1.29, 1.82) is 0 Å². The molecule has 0 fully saturated rings. The first-order chi connectivity index (χ1) is 29.5. The van der Waals surface area contributed by atoms with Gasteiger partial charge in [0.2, 0.25) is 0 Å². The van der Waals surface area contributed by atoms with Crippen LogP contribution in [0.3, 0.4) is 0 Å².